The normalized spacial score (nSPS) is 10.8. The fraction of sp³-hybridized carbons (Fsp3) is 0. The van der Waals surface area contributed by atoms with Crippen molar-refractivity contribution >= 4 is 47.8 Å². The maximum atomic E-state index is 6.05. The van der Waals surface area contributed by atoms with Gasteiger partial charge in [0.1, 0.15) is 11.1 Å². The zero-order valence-corrected chi connectivity index (χ0v) is 18.6. The van der Waals surface area contributed by atoms with Crippen molar-refractivity contribution in [3.8, 4) is 34.3 Å². The third-order valence-corrected chi connectivity index (χ3v) is 5.48. The minimum atomic E-state index is 0.522. The summed E-state index contributed by atoms with van der Waals surface area (Å²) in [5.41, 5.74) is 2.69. The summed E-state index contributed by atoms with van der Waals surface area (Å²) in [7, 11) is 0. The molecule has 0 atom stereocenters. The van der Waals surface area contributed by atoms with Crippen LogP contribution >= 0.6 is 47.8 Å². The Morgan fingerprint density at radius 1 is 0.481 bits per heavy atom. The van der Waals surface area contributed by atoms with Gasteiger partial charge in [0.05, 0.1) is 0 Å². The molecule has 0 aliphatic heterocycles. The summed E-state index contributed by atoms with van der Waals surface area (Å²) in [5, 5.41) is 0. The van der Waals surface area contributed by atoms with E-state index in [1.807, 2.05) is 72.8 Å². The molecule has 6 heteroatoms. The number of benzene rings is 3. The monoisotopic (exact) mass is 545 g/mol. The minimum Gasteiger partial charge on any atom is -0.166 e. The van der Waals surface area contributed by atoms with Crippen LogP contribution in [0.15, 0.2) is 90.6 Å². The Morgan fingerprint density at radius 3 is 1.19 bits per heavy atom. The average molecular weight is 548 g/mol. The van der Waals surface area contributed by atoms with E-state index in [2.05, 4.69) is 57.8 Å². The standard InChI is InChI=1S/C21H12Br3N2O/c22-16-7-1-13(2-8-16)19-25-20(14-3-9-17(23)10-4-14)27-21(26-19)15-5-11-18(24)12-6-15/h1-12H/q+1. The molecule has 132 valence electrons. The van der Waals surface area contributed by atoms with Gasteiger partial charge < -0.3 is 0 Å². The SMILES string of the molecule is Brc1ccc(-c2nc(-c3ccc(Br)cc3)[o+]c(-c3ccc(Br)cc3)n2)cc1. The highest BCUT2D eigenvalue weighted by Gasteiger charge is 2.24. The van der Waals surface area contributed by atoms with E-state index in [9.17, 15) is 0 Å². The average Bonchev–Trinajstić information content (AvgIpc) is 2.69. The van der Waals surface area contributed by atoms with Crippen molar-refractivity contribution in [1.82, 2.24) is 9.97 Å². The second-order valence-electron chi connectivity index (χ2n) is 5.78. The van der Waals surface area contributed by atoms with Crippen LogP contribution < -0.4 is 0 Å². The molecule has 3 aromatic carbocycles. The molecule has 0 bridgehead atoms. The Bertz CT molecular complexity index is 926. The van der Waals surface area contributed by atoms with E-state index in [-0.39, 0.29) is 0 Å². The third-order valence-electron chi connectivity index (χ3n) is 3.89. The first kappa shape index (κ1) is 18.5. The first-order valence-corrected chi connectivity index (χ1v) is 10.5. The molecule has 0 spiro atoms. The van der Waals surface area contributed by atoms with E-state index < -0.39 is 0 Å². The van der Waals surface area contributed by atoms with Crippen LogP contribution in [0.3, 0.4) is 0 Å². The van der Waals surface area contributed by atoms with Crippen molar-refractivity contribution in [2.45, 2.75) is 0 Å². The molecule has 4 aromatic rings. The molecule has 0 saturated carbocycles. The van der Waals surface area contributed by atoms with Gasteiger partial charge in [-0.3, -0.25) is 0 Å². The van der Waals surface area contributed by atoms with Gasteiger partial charge in [0.2, 0.25) is 0 Å². The Morgan fingerprint density at radius 2 is 0.815 bits per heavy atom. The second kappa shape index (κ2) is 8.00. The number of rotatable bonds is 3. The summed E-state index contributed by atoms with van der Waals surface area (Å²) >= 11 is 10.4. The van der Waals surface area contributed by atoms with Crippen molar-refractivity contribution in [1.29, 1.82) is 0 Å². The number of aromatic nitrogens is 2. The van der Waals surface area contributed by atoms with Gasteiger partial charge >= 0.3 is 11.8 Å². The number of hydrogen-bond acceptors (Lipinski definition) is 2. The number of nitrogens with zero attached hydrogens (tertiary/aromatic N) is 2. The topological polar surface area (TPSA) is 37.1 Å². The summed E-state index contributed by atoms with van der Waals surface area (Å²) in [5.74, 6) is 1.66. The Kier molecular flexibility index (Phi) is 5.48. The molecule has 1 aromatic heterocycles. The van der Waals surface area contributed by atoms with Gasteiger partial charge in [0.15, 0.2) is 5.82 Å². The zero-order chi connectivity index (χ0) is 18.8. The predicted octanol–water partition coefficient (Wildman–Crippen LogP) is 7.64. The van der Waals surface area contributed by atoms with Crippen molar-refractivity contribution in [3.05, 3.63) is 86.2 Å². The largest absolute Gasteiger partial charge is 0.464 e. The summed E-state index contributed by atoms with van der Waals surface area (Å²) in [6.45, 7) is 0. The van der Waals surface area contributed by atoms with Gasteiger partial charge in [-0.05, 0) is 60.7 Å². The predicted molar refractivity (Wildman–Crippen MR) is 118 cm³/mol. The van der Waals surface area contributed by atoms with E-state index in [1.165, 1.54) is 0 Å². The Hall–Kier alpha value is -1.89. The lowest BCUT2D eigenvalue weighted by molar-refractivity contribution is 0.540. The van der Waals surface area contributed by atoms with Gasteiger partial charge in [-0.15, -0.1) is 9.97 Å². The first-order valence-electron chi connectivity index (χ1n) is 8.08. The van der Waals surface area contributed by atoms with Crippen molar-refractivity contribution < 1.29 is 4.42 Å². The van der Waals surface area contributed by atoms with Crippen LogP contribution in [0.4, 0.5) is 0 Å². The van der Waals surface area contributed by atoms with E-state index in [0.717, 1.165) is 30.1 Å². The van der Waals surface area contributed by atoms with Crippen molar-refractivity contribution in [3.63, 3.8) is 0 Å². The lowest BCUT2D eigenvalue weighted by Crippen LogP contribution is -1.95. The number of halogens is 3. The maximum absolute atomic E-state index is 6.05. The fourth-order valence-corrected chi connectivity index (χ4v) is 3.31. The molecule has 0 aliphatic carbocycles. The maximum Gasteiger partial charge on any atom is 0.464 e. The van der Waals surface area contributed by atoms with E-state index in [1.54, 1.807) is 0 Å². The fourth-order valence-electron chi connectivity index (χ4n) is 2.51. The summed E-state index contributed by atoms with van der Waals surface area (Å²) in [6.07, 6.45) is 0. The molecule has 0 aliphatic rings. The van der Waals surface area contributed by atoms with Gasteiger partial charge in [0, 0.05) is 19.0 Å². The van der Waals surface area contributed by atoms with Crippen LogP contribution in [0.1, 0.15) is 0 Å². The second-order valence-corrected chi connectivity index (χ2v) is 8.53. The highest BCUT2D eigenvalue weighted by Crippen LogP contribution is 2.29. The van der Waals surface area contributed by atoms with Crippen LogP contribution in [0, 0.1) is 0 Å². The molecule has 4 rings (SSSR count). The van der Waals surface area contributed by atoms with Gasteiger partial charge in [-0.1, -0.05) is 59.9 Å². The lowest BCUT2D eigenvalue weighted by atomic mass is 10.2. The van der Waals surface area contributed by atoms with Gasteiger partial charge in [-0.25, -0.2) is 0 Å². The molecule has 0 radical (unpaired) electrons. The van der Waals surface area contributed by atoms with Crippen LogP contribution in [0.2, 0.25) is 0 Å². The third kappa shape index (κ3) is 4.34. The molecule has 0 N–H and O–H groups in total. The van der Waals surface area contributed by atoms with E-state index >= 15 is 0 Å². The molecule has 0 unspecified atom stereocenters. The molecule has 0 fully saturated rings. The molecule has 27 heavy (non-hydrogen) atoms. The summed E-state index contributed by atoms with van der Waals surface area (Å²) in [6, 6.07) is 23.6. The molecular formula is C21H12Br3N2O+. The smallest absolute Gasteiger partial charge is 0.166 e. The quantitative estimate of drug-likeness (QED) is 0.247. The first-order chi connectivity index (χ1) is 13.1. The Labute approximate surface area is 181 Å². The molecule has 3 nitrogen and oxygen atoms in total. The van der Waals surface area contributed by atoms with Crippen molar-refractivity contribution in [2.75, 3.05) is 0 Å². The summed E-state index contributed by atoms with van der Waals surface area (Å²) in [4.78, 5) is 9.32. The van der Waals surface area contributed by atoms with Crippen LogP contribution in [0.5, 0.6) is 0 Å². The highest BCUT2D eigenvalue weighted by atomic mass is 79.9. The van der Waals surface area contributed by atoms with Crippen LogP contribution in [-0.2, 0) is 0 Å². The Balaban J connectivity index is 1.89. The van der Waals surface area contributed by atoms with Gasteiger partial charge in [-0.2, -0.15) is 4.42 Å². The zero-order valence-electron chi connectivity index (χ0n) is 13.9. The molecule has 0 saturated heterocycles. The molecule has 1 heterocycles. The van der Waals surface area contributed by atoms with Crippen LogP contribution in [0.25, 0.3) is 34.3 Å². The molecule has 0 amide bonds. The van der Waals surface area contributed by atoms with Crippen LogP contribution in [-0.4, -0.2) is 9.97 Å². The molecular weight excluding hydrogens is 536 g/mol. The van der Waals surface area contributed by atoms with E-state index in [4.69, 9.17) is 4.42 Å². The summed E-state index contributed by atoms with van der Waals surface area (Å²) < 4.78 is 9.06. The number of hydrogen-bond donors (Lipinski definition) is 0. The van der Waals surface area contributed by atoms with Crippen molar-refractivity contribution in [2.24, 2.45) is 0 Å². The van der Waals surface area contributed by atoms with E-state index in [0.29, 0.717) is 17.6 Å². The highest BCUT2D eigenvalue weighted by molar-refractivity contribution is 9.11. The minimum absolute atomic E-state index is 0.522. The van der Waals surface area contributed by atoms with Gasteiger partial charge in [0.25, 0.3) is 0 Å². The lowest BCUT2D eigenvalue weighted by Gasteiger charge is -2.01.